The van der Waals surface area contributed by atoms with E-state index in [0.717, 1.165) is 5.69 Å². The SMILES string of the molecule is CC(=O)N1CC(N(C)c2ccc(-c3noc(C(F)(F)F)n3)cc2)C1. The second kappa shape index (κ2) is 5.81. The highest BCUT2D eigenvalue weighted by Crippen LogP contribution is 2.30. The summed E-state index contributed by atoms with van der Waals surface area (Å²) in [4.78, 5) is 18.3. The number of nitrogens with zero attached hydrogens (tertiary/aromatic N) is 4. The van der Waals surface area contributed by atoms with E-state index in [1.54, 1.807) is 29.2 Å². The van der Waals surface area contributed by atoms with E-state index < -0.39 is 12.1 Å². The van der Waals surface area contributed by atoms with Gasteiger partial charge in [0.2, 0.25) is 11.7 Å². The van der Waals surface area contributed by atoms with E-state index >= 15 is 0 Å². The molecule has 0 saturated carbocycles. The summed E-state index contributed by atoms with van der Waals surface area (Å²) in [6.45, 7) is 2.85. The Kier molecular flexibility index (Phi) is 3.94. The number of carbonyl (C=O) groups excluding carboxylic acids is 1. The average molecular weight is 340 g/mol. The number of benzene rings is 1. The zero-order valence-electron chi connectivity index (χ0n) is 13.0. The Hall–Kier alpha value is -2.58. The number of rotatable bonds is 3. The normalized spacial score (nSPS) is 15.3. The van der Waals surface area contributed by atoms with Crippen molar-refractivity contribution in [3.63, 3.8) is 0 Å². The van der Waals surface area contributed by atoms with E-state index in [0.29, 0.717) is 18.7 Å². The molecule has 0 N–H and O–H groups in total. The zero-order valence-corrected chi connectivity index (χ0v) is 13.0. The highest BCUT2D eigenvalue weighted by Gasteiger charge is 2.38. The third kappa shape index (κ3) is 3.06. The second-order valence-electron chi connectivity index (χ2n) is 5.66. The number of anilines is 1. The van der Waals surface area contributed by atoms with Crippen molar-refractivity contribution < 1.29 is 22.5 Å². The average Bonchev–Trinajstić information content (AvgIpc) is 2.95. The Morgan fingerprint density at radius 2 is 1.92 bits per heavy atom. The van der Waals surface area contributed by atoms with Crippen LogP contribution in [0, 0.1) is 0 Å². The first-order valence-electron chi connectivity index (χ1n) is 7.25. The lowest BCUT2D eigenvalue weighted by molar-refractivity contribution is -0.159. The molecule has 0 atom stereocenters. The van der Waals surface area contributed by atoms with Crippen LogP contribution in [-0.4, -0.2) is 47.1 Å². The van der Waals surface area contributed by atoms with Gasteiger partial charge in [0.15, 0.2) is 0 Å². The van der Waals surface area contributed by atoms with Crippen molar-refractivity contribution in [2.45, 2.75) is 19.1 Å². The molecule has 9 heteroatoms. The van der Waals surface area contributed by atoms with Crippen LogP contribution in [0.25, 0.3) is 11.4 Å². The van der Waals surface area contributed by atoms with Gasteiger partial charge in [-0.2, -0.15) is 18.2 Å². The molecule has 1 saturated heterocycles. The van der Waals surface area contributed by atoms with Crippen LogP contribution in [-0.2, 0) is 11.0 Å². The van der Waals surface area contributed by atoms with E-state index in [4.69, 9.17) is 0 Å². The largest absolute Gasteiger partial charge is 0.471 e. The fraction of sp³-hybridized carbons (Fsp3) is 0.400. The lowest BCUT2D eigenvalue weighted by Gasteiger charge is -2.44. The van der Waals surface area contributed by atoms with Gasteiger partial charge in [0, 0.05) is 38.3 Å². The molecule has 3 rings (SSSR count). The quantitative estimate of drug-likeness (QED) is 0.859. The minimum absolute atomic E-state index is 0.0487. The van der Waals surface area contributed by atoms with Gasteiger partial charge in [-0.05, 0) is 24.3 Å². The molecule has 1 aromatic carbocycles. The Bertz CT molecular complexity index is 736. The van der Waals surface area contributed by atoms with Gasteiger partial charge >= 0.3 is 12.1 Å². The number of halogens is 3. The van der Waals surface area contributed by atoms with Crippen molar-refractivity contribution in [3.8, 4) is 11.4 Å². The summed E-state index contributed by atoms with van der Waals surface area (Å²) >= 11 is 0. The molecule has 1 aliphatic rings. The van der Waals surface area contributed by atoms with Crippen LogP contribution in [0.4, 0.5) is 18.9 Å². The molecule has 0 aliphatic carbocycles. The molecule has 0 unspecified atom stereocenters. The van der Waals surface area contributed by atoms with Crippen molar-refractivity contribution in [3.05, 3.63) is 30.2 Å². The summed E-state index contributed by atoms with van der Waals surface area (Å²) < 4.78 is 41.7. The molecular weight excluding hydrogens is 325 g/mol. The Morgan fingerprint density at radius 1 is 1.29 bits per heavy atom. The molecule has 1 aliphatic heterocycles. The number of alkyl halides is 3. The summed E-state index contributed by atoms with van der Waals surface area (Å²) in [6.07, 6.45) is -4.65. The van der Waals surface area contributed by atoms with Crippen LogP contribution in [0.3, 0.4) is 0 Å². The third-order valence-electron chi connectivity index (χ3n) is 4.06. The maximum Gasteiger partial charge on any atom is 0.471 e. The minimum Gasteiger partial charge on any atom is -0.368 e. The van der Waals surface area contributed by atoms with Crippen LogP contribution < -0.4 is 4.90 Å². The van der Waals surface area contributed by atoms with Crippen molar-refractivity contribution in [1.29, 1.82) is 0 Å². The number of aromatic nitrogens is 2. The molecule has 2 heterocycles. The molecule has 0 radical (unpaired) electrons. The van der Waals surface area contributed by atoms with E-state index in [1.165, 1.54) is 6.92 Å². The second-order valence-corrected chi connectivity index (χ2v) is 5.66. The van der Waals surface area contributed by atoms with E-state index in [9.17, 15) is 18.0 Å². The topological polar surface area (TPSA) is 62.5 Å². The molecule has 128 valence electrons. The Labute approximate surface area is 135 Å². The zero-order chi connectivity index (χ0) is 17.5. The predicted molar refractivity (Wildman–Crippen MR) is 79.2 cm³/mol. The van der Waals surface area contributed by atoms with Gasteiger partial charge in [0.25, 0.3) is 0 Å². The summed E-state index contributed by atoms with van der Waals surface area (Å²) in [5.41, 5.74) is 1.33. The molecule has 0 spiro atoms. The van der Waals surface area contributed by atoms with Gasteiger partial charge in [-0.25, -0.2) is 0 Å². The van der Waals surface area contributed by atoms with E-state index in [-0.39, 0.29) is 17.8 Å². The first-order chi connectivity index (χ1) is 11.3. The van der Waals surface area contributed by atoms with Crippen molar-refractivity contribution in [2.75, 3.05) is 25.0 Å². The Balaban J connectivity index is 1.70. The smallest absolute Gasteiger partial charge is 0.368 e. The molecule has 1 aromatic heterocycles. The molecule has 1 amide bonds. The van der Waals surface area contributed by atoms with Crippen molar-refractivity contribution in [1.82, 2.24) is 15.0 Å². The standard InChI is InChI=1S/C15H15F3N4O2/c1-9(23)22-7-12(8-22)21(2)11-5-3-10(4-6-11)13-19-14(24-20-13)15(16,17)18/h3-6,12H,7-8H2,1-2H3. The van der Waals surface area contributed by atoms with E-state index in [1.807, 2.05) is 11.9 Å². The number of likely N-dealkylation sites (tertiary alicyclic amines) is 1. The highest BCUT2D eigenvalue weighted by molar-refractivity contribution is 5.74. The predicted octanol–water partition coefficient (Wildman–Crippen LogP) is 2.42. The van der Waals surface area contributed by atoms with Crippen LogP contribution in [0.2, 0.25) is 0 Å². The first kappa shape index (κ1) is 16.3. The van der Waals surface area contributed by atoms with Crippen LogP contribution in [0.15, 0.2) is 28.8 Å². The molecule has 2 aromatic rings. The van der Waals surface area contributed by atoms with Gasteiger partial charge in [-0.15, -0.1) is 0 Å². The molecule has 24 heavy (non-hydrogen) atoms. The summed E-state index contributed by atoms with van der Waals surface area (Å²) in [5, 5.41) is 3.36. The number of amides is 1. The molecule has 0 bridgehead atoms. The number of likely N-dealkylation sites (N-methyl/N-ethyl adjacent to an activating group) is 1. The van der Waals surface area contributed by atoms with Gasteiger partial charge in [-0.1, -0.05) is 5.16 Å². The van der Waals surface area contributed by atoms with Gasteiger partial charge in [-0.3, -0.25) is 4.79 Å². The van der Waals surface area contributed by atoms with Gasteiger partial charge in [0.1, 0.15) is 0 Å². The van der Waals surface area contributed by atoms with Gasteiger partial charge in [0.05, 0.1) is 6.04 Å². The number of carbonyl (C=O) groups is 1. The third-order valence-corrected chi connectivity index (χ3v) is 4.06. The summed E-state index contributed by atoms with van der Waals surface area (Å²) in [5.74, 6) is -1.42. The maximum atomic E-state index is 12.5. The van der Waals surface area contributed by atoms with Crippen molar-refractivity contribution >= 4 is 11.6 Å². The lowest BCUT2D eigenvalue weighted by atomic mass is 10.1. The molecule has 1 fully saturated rings. The van der Waals surface area contributed by atoms with Crippen molar-refractivity contribution in [2.24, 2.45) is 0 Å². The number of hydrogen-bond donors (Lipinski definition) is 0. The van der Waals surface area contributed by atoms with Crippen LogP contribution in [0.1, 0.15) is 12.8 Å². The van der Waals surface area contributed by atoms with E-state index in [2.05, 4.69) is 14.7 Å². The fourth-order valence-corrected chi connectivity index (χ4v) is 2.47. The summed E-state index contributed by atoms with van der Waals surface area (Å²) in [7, 11) is 1.91. The minimum atomic E-state index is -4.65. The number of hydrogen-bond acceptors (Lipinski definition) is 5. The monoisotopic (exact) mass is 340 g/mol. The van der Waals surface area contributed by atoms with Crippen LogP contribution in [0.5, 0.6) is 0 Å². The van der Waals surface area contributed by atoms with Crippen LogP contribution >= 0.6 is 0 Å². The lowest BCUT2D eigenvalue weighted by Crippen LogP contribution is -2.59. The maximum absolute atomic E-state index is 12.5. The highest BCUT2D eigenvalue weighted by atomic mass is 19.4. The molecular formula is C15H15F3N4O2. The summed E-state index contributed by atoms with van der Waals surface area (Å²) in [6, 6.07) is 7.04. The Morgan fingerprint density at radius 3 is 2.42 bits per heavy atom. The molecule has 6 nitrogen and oxygen atoms in total. The first-order valence-corrected chi connectivity index (χ1v) is 7.25. The van der Waals surface area contributed by atoms with Gasteiger partial charge < -0.3 is 14.3 Å². The fourth-order valence-electron chi connectivity index (χ4n) is 2.47.